The van der Waals surface area contributed by atoms with Gasteiger partial charge in [-0.15, -0.1) is 0 Å². The molecule has 1 atom stereocenters. The Morgan fingerprint density at radius 2 is 1.83 bits per heavy atom. The molecule has 0 spiro atoms. The summed E-state index contributed by atoms with van der Waals surface area (Å²) in [5.74, 6) is 0. The molecule has 1 unspecified atom stereocenters. The van der Waals surface area contributed by atoms with Crippen molar-refractivity contribution >= 4 is 0 Å². The van der Waals surface area contributed by atoms with E-state index < -0.39 is 5.54 Å². The molecule has 0 aromatic rings. The number of hydrogen-bond donors (Lipinski definition) is 3. The fourth-order valence-corrected chi connectivity index (χ4v) is 1.24. The average Bonchev–Trinajstić information content (AvgIpc) is 2.05. The van der Waals surface area contributed by atoms with E-state index in [1.807, 2.05) is 6.92 Å². The first-order valence-electron chi connectivity index (χ1n) is 4.57. The molecule has 74 valence electrons. The van der Waals surface area contributed by atoms with Crippen LogP contribution in [0.2, 0.25) is 0 Å². The van der Waals surface area contributed by atoms with Gasteiger partial charge in [0.25, 0.3) is 0 Å². The Labute approximate surface area is 74.8 Å². The van der Waals surface area contributed by atoms with Crippen LogP contribution in [0.1, 0.15) is 33.6 Å². The number of aliphatic hydroxyl groups is 2. The lowest BCUT2D eigenvalue weighted by atomic mass is 10.0. The molecule has 0 saturated heterocycles. The minimum absolute atomic E-state index is 0.0302. The molecule has 3 heteroatoms. The molecule has 0 aliphatic rings. The lowest BCUT2D eigenvalue weighted by Gasteiger charge is -2.30. The van der Waals surface area contributed by atoms with E-state index in [1.54, 1.807) is 0 Å². The fourth-order valence-electron chi connectivity index (χ4n) is 1.24. The van der Waals surface area contributed by atoms with Gasteiger partial charge in [-0.1, -0.05) is 13.3 Å². The Morgan fingerprint density at radius 1 is 1.33 bits per heavy atom. The summed E-state index contributed by atoms with van der Waals surface area (Å²) in [6.45, 7) is 5.94. The van der Waals surface area contributed by atoms with E-state index in [1.165, 1.54) is 0 Å². The van der Waals surface area contributed by atoms with Gasteiger partial charge in [-0.25, -0.2) is 0 Å². The van der Waals surface area contributed by atoms with Crippen molar-refractivity contribution < 1.29 is 10.2 Å². The maximum Gasteiger partial charge on any atom is 0.0633 e. The van der Waals surface area contributed by atoms with Gasteiger partial charge in [0.05, 0.1) is 18.8 Å². The summed E-state index contributed by atoms with van der Waals surface area (Å²) in [5.41, 5.74) is -0.533. The molecule has 0 aliphatic heterocycles. The van der Waals surface area contributed by atoms with Crippen LogP contribution in [0.15, 0.2) is 0 Å². The van der Waals surface area contributed by atoms with Crippen molar-refractivity contribution in [1.29, 1.82) is 0 Å². The lowest BCUT2D eigenvalue weighted by molar-refractivity contribution is 0.0946. The molecule has 3 N–H and O–H groups in total. The van der Waals surface area contributed by atoms with E-state index in [0.717, 1.165) is 12.8 Å². The molecular formula is C9H21NO2. The van der Waals surface area contributed by atoms with Crippen molar-refractivity contribution in [3.8, 4) is 0 Å². The maximum absolute atomic E-state index is 8.98. The number of nitrogens with one attached hydrogen (secondary N) is 1. The Morgan fingerprint density at radius 3 is 2.17 bits per heavy atom. The van der Waals surface area contributed by atoms with E-state index in [9.17, 15) is 0 Å². The normalized spacial score (nSPS) is 14.8. The summed E-state index contributed by atoms with van der Waals surface area (Å²) in [4.78, 5) is 0. The average molecular weight is 175 g/mol. The monoisotopic (exact) mass is 175 g/mol. The first-order chi connectivity index (χ1) is 5.58. The second kappa shape index (κ2) is 5.51. The third-order valence-electron chi connectivity index (χ3n) is 2.01. The van der Waals surface area contributed by atoms with Crippen LogP contribution in [-0.2, 0) is 0 Å². The van der Waals surface area contributed by atoms with Crippen LogP contribution in [-0.4, -0.2) is 35.0 Å². The molecular weight excluding hydrogens is 154 g/mol. The molecule has 0 bridgehead atoms. The highest BCUT2D eigenvalue weighted by atomic mass is 16.3. The standard InChI is InChI=1S/C9H21NO2/c1-4-5-8(2)10-9(3,6-11)7-12/h8,10-12H,4-7H2,1-3H3. The largest absolute Gasteiger partial charge is 0.394 e. The third-order valence-corrected chi connectivity index (χ3v) is 2.01. The van der Waals surface area contributed by atoms with Crippen molar-refractivity contribution in [2.75, 3.05) is 13.2 Å². The molecule has 0 radical (unpaired) electrons. The van der Waals surface area contributed by atoms with Gasteiger partial charge in [0.2, 0.25) is 0 Å². The van der Waals surface area contributed by atoms with E-state index in [0.29, 0.717) is 6.04 Å². The van der Waals surface area contributed by atoms with Crippen LogP contribution < -0.4 is 5.32 Å². The number of rotatable bonds is 6. The van der Waals surface area contributed by atoms with Crippen LogP contribution in [0.5, 0.6) is 0 Å². The summed E-state index contributed by atoms with van der Waals surface area (Å²) in [7, 11) is 0. The zero-order valence-electron chi connectivity index (χ0n) is 8.30. The van der Waals surface area contributed by atoms with Gasteiger partial charge in [-0.3, -0.25) is 0 Å². The molecule has 0 aromatic carbocycles. The van der Waals surface area contributed by atoms with Crippen molar-refractivity contribution in [1.82, 2.24) is 5.32 Å². The van der Waals surface area contributed by atoms with Crippen molar-refractivity contribution in [3.63, 3.8) is 0 Å². The molecule has 0 fully saturated rings. The Balaban J connectivity index is 3.84. The molecule has 0 amide bonds. The smallest absolute Gasteiger partial charge is 0.0633 e. The van der Waals surface area contributed by atoms with E-state index in [-0.39, 0.29) is 13.2 Å². The predicted molar refractivity (Wildman–Crippen MR) is 50.1 cm³/mol. The molecule has 0 saturated carbocycles. The third kappa shape index (κ3) is 4.04. The first-order valence-corrected chi connectivity index (χ1v) is 4.57. The van der Waals surface area contributed by atoms with Crippen molar-refractivity contribution in [3.05, 3.63) is 0 Å². The van der Waals surface area contributed by atoms with Crippen molar-refractivity contribution in [2.45, 2.75) is 45.2 Å². The van der Waals surface area contributed by atoms with Crippen LogP contribution in [0.3, 0.4) is 0 Å². The SMILES string of the molecule is CCCC(C)NC(C)(CO)CO. The maximum atomic E-state index is 8.98. The Hall–Kier alpha value is -0.120. The Bertz CT molecular complexity index is 113. The molecule has 12 heavy (non-hydrogen) atoms. The van der Waals surface area contributed by atoms with Gasteiger partial charge in [0.15, 0.2) is 0 Å². The van der Waals surface area contributed by atoms with E-state index in [2.05, 4.69) is 19.2 Å². The summed E-state index contributed by atoms with van der Waals surface area (Å²) < 4.78 is 0. The van der Waals surface area contributed by atoms with E-state index in [4.69, 9.17) is 10.2 Å². The van der Waals surface area contributed by atoms with E-state index >= 15 is 0 Å². The molecule has 0 rings (SSSR count). The van der Waals surface area contributed by atoms with Crippen LogP contribution in [0, 0.1) is 0 Å². The quantitative estimate of drug-likeness (QED) is 0.551. The van der Waals surface area contributed by atoms with Crippen LogP contribution in [0.25, 0.3) is 0 Å². The second-order valence-electron chi connectivity index (χ2n) is 3.71. The summed E-state index contributed by atoms with van der Waals surface area (Å²) in [5, 5.41) is 21.2. The number of hydrogen-bond acceptors (Lipinski definition) is 3. The zero-order valence-corrected chi connectivity index (χ0v) is 8.30. The van der Waals surface area contributed by atoms with Gasteiger partial charge < -0.3 is 15.5 Å². The summed E-state index contributed by atoms with van der Waals surface area (Å²) >= 11 is 0. The molecule has 3 nitrogen and oxygen atoms in total. The lowest BCUT2D eigenvalue weighted by Crippen LogP contribution is -2.52. The van der Waals surface area contributed by atoms with Gasteiger partial charge in [-0.2, -0.15) is 0 Å². The Kier molecular flexibility index (Phi) is 5.46. The topological polar surface area (TPSA) is 52.5 Å². The fraction of sp³-hybridized carbons (Fsp3) is 1.00. The first kappa shape index (κ1) is 11.9. The molecule has 0 aromatic heterocycles. The summed E-state index contributed by atoms with van der Waals surface area (Å²) in [6, 6.07) is 0.347. The zero-order chi connectivity index (χ0) is 9.61. The second-order valence-corrected chi connectivity index (χ2v) is 3.71. The van der Waals surface area contributed by atoms with Crippen LogP contribution in [0.4, 0.5) is 0 Å². The highest BCUT2D eigenvalue weighted by Crippen LogP contribution is 2.05. The van der Waals surface area contributed by atoms with Gasteiger partial charge in [0.1, 0.15) is 0 Å². The predicted octanol–water partition coefficient (Wildman–Crippen LogP) is 0.508. The highest BCUT2D eigenvalue weighted by molar-refractivity contribution is 4.83. The van der Waals surface area contributed by atoms with Crippen molar-refractivity contribution in [2.24, 2.45) is 0 Å². The summed E-state index contributed by atoms with van der Waals surface area (Å²) in [6.07, 6.45) is 2.18. The number of aliphatic hydroxyl groups excluding tert-OH is 2. The van der Waals surface area contributed by atoms with Gasteiger partial charge >= 0.3 is 0 Å². The minimum atomic E-state index is -0.533. The molecule has 0 aliphatic carbocycles. The van der Waals surface area contributed by atoms with Crippen LogP contribution >= 0.6 is 0 Å². The highest BCUT2D eigenvalue weighted by Gasteiger charge is 2.23. The van der Waals surface area contributed by atoms with Gasteiger partial charge in [0, 0.05) is 6.04 Å². The molecule has 0 heterocycles. The van der Waals surface area contributed by atoms with Gasteiger partial charge in [-0.05, 0) is 20.3 Å². The minimum Gasteiger partial charge on any atom is -0.394 e.